The number of hydrogen-bond donors (Lipinski definition) is 0. The molecule has 1 aliphatic rings. The molecular weight excluding hydrogens is 269 g/mol. The molecule has 0 fully saturated rings. The van der Waals surface area contributed by atoms with Crippen LogP contribution in [0.1, 0.15) is 44.5 Å². The first-order valence-corrected chi connectivity index (χ1v) is 6.63. The zero-order valence-corrected chi connectivity index (χ0v) is 12.1. The number of alkyl halides is 3. The van der Waals surface area contributed by atoms with E-state index in [9.17, 15) is 18.0 Å². The van der Waals surface area contributed by atoms with Crippen LogP contribution in [-0.4, -0.2) is 15.8 Å². The number of aromatic nitrogens is 1. The Hall–Kier alpha value is -1.59. The van der Waals surface area contributed by atoms with Crippen molar-refractivity contribution in [2.24, 2.45) is 5.92 Å². The molecule has 0 bridgehead atoms. The van der Waals surface area contributed by atoms with Gasteiger partial charge in [0.1, 0.15) is 0 Å². The summed E-state index contributed by atoms with van der Waals surface area (Å²) < 4.78 is 37.6. The van der Waals surface area contributed by atoms with Gasteiger partial charge in [-0.05, 0) is 11.6 Å². The third-order valence-electron chi connectivity index (χ3n) is 2.89. The van der Waals surface area contributed by atoms with Crippen molar-refractivity contribution in [3.8, 4) is 0 Å². The van der Waals surface area contributed by atoms with Crippen molar-refractivity contribution in [2.75, 3.05) is 0 Å². The minimum absolute atomic E-state index is 0.0680. The zero-order chi connectivity index (χ0) is 15.5. The van der Waals surface area contributed by atoms with Crippen LogP contribution in [0.5, 0.6) is 0 Å². The second kappa shape index (κ2) is 6.24. The summed E-state index contributed by atoms with van der Waals surface area (Å²) >= 11 is 0. The molecule has 0 N–H and O–H groups in total. The number of carbonyl (C=O) groups is 1. The van der Waals surface area contributed by atoms with Gasteiger partial charge in [0.2, 0.25) is 5.91 Å². The summed E-state index contributed by atoms with van der Waals surface area (Å²) in [7, 11) is 0. The first-order chi connectivity index (χ1) is 9.29. The summed E-state index contributed by atoms with van der Waals surface area (Å²) in [5.41, 5.74) is 0.274. The lowest BCUT2D eigenvalue weighted by molar-refractivity contribution is -0.137. The van der Waals surface area contributed by atoms with E-state index in [1.807, 2.05) is 13.8 Å². The van der Waals surface area contributed by atoms with Crippen LogP contribution in [0, 0.1) is 5.92 Å². The Labute approximate surface area is 116 Å². The number of nitrogens with zero attached hydrogens (tertiary/aromatic N) is 2. The maximum Gasteiger partial charge on any atom is 0.417 e. The van der Waals surface area contributed by atoms with Gasteiger partial charge in [-0.1, -0.05) is 27.7 Å². The fourth-order valence-electron chi connectivity index (χ4n) is 1.94. The standard InChI is InChI=1S/C12H13F3N2O.C2H6/c1-7(2)11(18)17-5-8-3-9(12(13,14)15)4-16-10(8)6-17;1-2/h3-4,7H,5-6H2,1-2H3;1-2H3. The molecule has 20 heavy (non-hydrogen) atoms. The van der Waals surface area contributed by atoms with Crippen LogP contribution < -0.4 is 0 Å². The largest absolute Gasteiger partial charge is 0.417 e. The maximum absolute atomic E-state index is 12.5. The molecule has 0 saturated heterocycles. The van der Waals surface area contributed by atoms with Gasteiger partial charge >= 0.3 is 6.18 Å². The van der Waals surface area contributed by atoms with Crippen LogP contribution in [0.3, 0.4) is 0 Å². The molecule has 1 aliphatic heterocycles. The third kappa shape index (κ3) is 3.49. The Kier molecular flexibility index (Phi) is 5.14. The van der Waals surface area contributed by atoms with E-state index in [0.29, 0.717) is 17.8 Å². The van der Waals surface area contributed by atoms with Gasteiger partial charge in [0, 0.05) is 18.7 Å². The molecule has 0 aromatic carbocycles. The Morgan fingerprint density at radius 1 is 1.30 bits per heavy atom. The molecule has 3 nitrogen and oxygen atoms in total. The lowest BCUT2D eigenvalue weighted by atomic mass is 10.1. The number of fused-ring (bicyclic) bond motifs is 1. The van der Waals surface area contributed by atoms with Crippen molar-refractivity contribution >= 4 is 5.91 Å². The van der Waals surface area contributed by atoms with Gasteiger partial charge in [0.15, 0.2) is 0 Å². The van der Waals surface area contributed by atoms with E-state index in [0.717, 1.165) is 12.3 Å². The molecule has 0 aliphatic carbocycles. The van der Waals surface area contributed by atoms with Crippen LogP contribution in [0.2, 0.25) is 0 Å². The summed E-state index contributed by atoms with van der Waals surface area (Å²) in [6.07, 6.45) is -3.57. The summed E-state index contributed by atoms with van der Waals surface area (Å²) in [6.45, 7) is 8.04. The number of pyridine rings is 1. The second-order valence-corrected chi connectivity index (χ2v) is 4.68. The molecule has 112 valence electrons. The molecular formula is C14H19F3N2O. The minimum atomic E-state index is -4.39. The number of halogens is 3. The van der Waals surface area contributed by atoms with Crippen LogP contribution >= 0.6 is 0 Å². The van der Waals surface area contributed by atoms with E-state index in [4.69, 9.17) is 0 Å². The fraction of sp³-hybridized carbons (Fsp3) is 0.571. The molecule has 0 spiro atoms. The fourth-order valence-corrected chi connectivity index (χ4v) is 1.94. The minimum Gasteiger partial charge on any atom is -0.332 e. The molecule has 0 atom stereocenters. The van der Waals surface area contributed by atoms with Gasteiger partial charge in [-0.3, -0.25) is 9.78 Å². The number of rotatable bonds is 1. The molecule has 1 amide bonds. The Morgan fingerprint density at radius 2 is 1.90 bits per heavy atom. The predicted octanol–water partition coefficient (Wildman–Crippen LogP) is 3.62. The molecule has 2 rings (SSSR count). The first-order valence-electron chi connectivity index (χ1n) is 6.63. The van der Waals surface area contributed by atoms with E-state index >= 15 is 0 Å². The number of hydrogen-bond acceptors (Lipinski definition) is 2. The molecule has 0 radical (unpaired) electrons. The van der Waals surface area contributed by atoms with Crippen LogP contribution in [0.4, 0.5) is 13.2 Å². The van der Waals surface area contributed by atoms with Crippen molar-refractivity contribution in [1.82, 2.24) is 9.88 Å². The van der Waals surface area contributed by atoms with Gasteiger partial charge < -0.3 is 4.90 Å². The molecule has 6 heteroatoms. The normalized spacial score (nSPS) is 13.9. The summed E-state index contributed by atoms with van der Waals surface area (Å²) in [6, 6.07) is 1.08. The maximum atomic E-state index is 12.5. The second-order valence-electron chi connectivity index (χ2n) is 4.68. The number of amides is 1. The quantitative estimate of drug-likeness (QED) is 0.790. The highest BCUT2D eigenvalue weighted by Gasteiger charge is 2.34. The van der Waals surface area contributed by atoms with Crippen LogP contribution in [0.25, 0.3) is 0 Å². The topological polar surface area (TPSA) is 33.2 Å². The SMILES string of the molecule is CC.CC(C)C(=O)N1Cc2cc(C(F)(F)F)cnc2C1. The zero-order valence-electron chi connectivity index (χ0n) is 12.1. The molecule has 1 aromatic rings. The average Bonchev–Trinajstić information content (AvgIpc) is 2.81. The Morgan fingerprint density at radius 3 is 2.40 bits per heavy atom. The van der Waals surface area contributed by atoms with Gasteiger partial charge in [0.25, 0.3) is 0 Å². The highest BCUT2D eigenvalue weighted by molar-refractivity contribution is 5.78. The van der Waals surface area contributed by atoms with Gasteiger partial charge in [-0.2, -0.15) is 13.2 Å². The third-order valence-corrected chi connectivity index (χ3v) is 2.89. The first kappa shape index (κ1) is 16.5. The highest BCUT2D eigenvalue weighted by atomic mass is 19.4. The van der Waals surface area contributed by atoms with Crippen molar-refractivity contribution < 1.29 is 18.0 Å². The van der Waals surface area contributed by atoms with E-state index < -0.39 is 11.7 Å². The van der Waals surface area contributed by atoms with Crippen molar-refractivity contribution in [1.29, 1.82) is 0 Å². The van der Waals surface area contributed by atoms with E-state index in [2.05, 4.69) is 4.98 Å². The van der Waals surface area contributed by atoms with Crippen LogP contribution in [-0.2, 0) is 24.1 Å². The van der Waals surface area contributed by atoms with Crippen molar-refractivity contribution in [2.45, 2.75) is 47.0 Å². The molecule has 1 aromatic heterocycles. The smallest absolute Gasteiger partial charge is 0.332 e. The predicted molar refractivity (Wildman–Crippen MR) is 69.7 cm³/mol. The van der Waals surface area contributed by atoms with E-state index in [1.165, 1.54) is 4.90 Å². The van der Waals surface area contributed by atoms with Crippen LogP contribution in [0.15, 0.2) is 12.3 Å². The van der Waals surface area contributed by atoms with Gasteiger partial charge in [0.05, 0.1) is 17.8 Å². The summed E-state index contributed by atoms with van der Waals surface area (Å²) in [5.74, 6) is -0.233. The number of carbonyl (C=O) groups excluding carboxylic acids is 1. The molecule has 2 heterocycles. The Balaban J connectivity index is 0.000000956. The van der Waals surface area contributed by atoms with Crippen molar-refractivity contribution in [3.05, 3.63) is 29.1 Å². The average molecular weight is 288 g/mol. The summed E-state index contributed by atoms with van der Waals surface area (Å²) in [5, 5.41) is 0. The monoisotopic (exact) mass is 288 g/mol. The lowest BCUT2D eigenvalue weighted by Crippen LogP contribution is -2.29. The van der Waals surface area contributed by atoms with E-state index in [-0.39, 0.29) is 18.4 Å². The highest BCUT2D eigenvalue weighted by Crippen LogP contribution is 2.32. The molecule has 0 unspecified atom stereocenters. The Bertz CT molecular complexity index is 484. The van der Waals surface area contributed by atoms with Gasteiger partial charge in [-0.15, -0.1) is 0 Å². The van der Waals surface area contributed by atoms with Gasteiger partial charge in [-0.25, -0.2) is 0 Å². The van der Waals surface area contributed by atoms with E-state index in [1.54, 1.807) is 13.8 Å². The summed E-state index contributed by atoms with van der Waals surface area (Å²) in [4.78, 5) is 17.1. The molecule has 0 saturated carbocycles. The van der Waals surface area contributed by atoms with Crippen molar-refractivity contribution in [3.63, 3.8) is 0 Å². The lowest BCUT2D eigenvalue weighted by Gasteiger charge is -2.17.